The van der Waals surface area contributed by atoms with Crippen molar-refractivity contribution in [2.24, 2.45) is 5.73 Å². The highest BCUT2D eigenvalue weighted by Crippen LogP contribution is 2.25. The van der Waals surface area contributed by atoms with Gasteiger partial charge in [0.15, 0.2) is 0 Å². The van der Waals surface area contributed by atoms with E-state index in [0.717, 1.165) is 28.2 Å². The Morgan fingerprint density at radius 2 is 2.32 bits per heavy atom. The van der Waals surface area contributed by atoms with E-state index in [0.29, 0.717) is 4.99 Å². The number of rotatable bonds is 5. The molecule has 0 aliphatic rings. The average Bonchev–Trinajstić information content (AvgIpc) is 2.89. The summed E-state index contributed by atoms with van der Waals surface area (Å²) in [6.45, 7) is 4.17. The Balaban J connectivity index is 2.19. The fraction of sp³-hybridized carbons (Fsp3) is 0.286. The Labute approximate surface area is 122 Å². The summed E-state index contributed by atoms with van der Waals surface area (Å²) >= 11 is 6.69. The molecule has 2 aromatic rings. The molecule has 3 N–H and O–H groups in total. The second-order valence-corrected chi connectivity index (χ2v) is 5.74. The monoisotopic (exact) mass is 291 g/mol. The van der Waals surface area contributed by atoms with Gasteiger partial charge in [0.1, 0.15) is 10.00 Å². The van der Waals surface area contributed by atoms with Gasteiger partial charge in [0.2, 0.25) is 0 Å². The van der Waals surface area contributed by atoms with Gasteiger partial charge in [-0.15, -0.1) is 11.3 Å². The van der Waals surface area contributed by atoms with Crippen LogP contribution in [-0.4, -0.2) is 9.97 Å². The fourth-order valence-electron chi connectivity index (χ4n) is 1.98. The number of benzene rings is 1. The highest BCUT2D eigenvalue weighted by Gasteiger charge is 2.12. The number of hydrogen-bond donors (Lipinski definition) is 2. The van der Waals surface area contributed by atoms with Gasteiger partial charge in [0, 0.05) is 22.8 Å². The number of nitrogens with one attached hydrogen (secondary N) is 1. The fourth-order valence-corrected chi connectivity index (χ4v) is 2.98. The van der Waals surface area contributed by atoms with Gasteiger partial charge in [-0.2, -0.15) is 0 Å². The molecular formula is C14H17N3S2. The van der Waals surface area contributed by atoms with E-state index in [1.54, 1.807) is 11.3 Å². The molecule has 19 heavy (non-hydrogen) atoms. The van der Waals surface area contributed by atoms with Gasteiger partial charge >= 0.3 is 0 Å². The number of thiazole rings is 1. The number of aryl methyl sites for hydroxylation is 1. The first-order valence-electron chi connectivity index (χ1n) is 6.18. The topological polar surface area (TPSA) is 50.9 Å². The molecule has 3 nitrogen and oxygen atoms in total. The molecule has 5 heteroatoms. The third kappa shape index (κ3) is 3.30. The molecule has 1 aromatic carbocycles. The maximum absolute atomic E-state index is 5.67. The van der Waals surface area contributed by atoms with Crippen molar-refractivity contribution >= 4 is 34.2 Å². The summed E-state index contributed by atoms with van der Waals surface area (Å²) in [5, 5.41) is 6.61. The lowest BCUT2D eigenvalue weighted by atomic mass is 10.1. The smallest absolute Gasteiger partial charge is 0.115 e. The first-order valence-corrected chi connectivity index (χ1v) is 7.47. The van der Waals surface area contributed by atoms with Crippen LogP contribution in [0.2, 0.25) is 0 Å². The molecule has 100 valence electrons. The van der Waals surface area contributed by atoms with E-state index in [1.165, 1.54) is 0 Å². The van der Waals surface area contributed by atoms with Crippen LogP contribution in [0.3, 0.4) is 0 Å². The zero-order chi connectivity index (χ0) is 13.8. The molecule has 1 aromatic heterocycles. The van der Waals surface area contributed by atoms with Crippen molar-refractivity contribution in [2.75, 3.05) is 5.32 Å². The second-order valence-electron chi connectivity index (χ2n) is 4.37. The number of nitrogens with two attached hydrogens (primary N) is 1. The van der Waals surface area contributed by atoms with Crippen LogP contribution < -0.4 is 11.1 Å². The van der Waals surface area contributed by atoms with Crippen molar-refractivity contribution in [2.45, 2.75) is 26.3 Å². The predicted octanol–water partition coefficient (Wildman–Crippen LogP) is 3.65. The van der Waals surface area contributed by atoms with Crippen LogP contribution in [0.5, 0.6) is 0 Å². The molecule has 0 fully saturated rings. The lowest BCUT2D eigenvalue weighted by Gasteiger charge is -2.17. The SMILES string of the molecule is CCC(Nc1ccc(C(N)=S)c(C)c1)c1nccs1. The normalized spacial score (nSPS) is 12.1. The summed E-state index contributed by atoms with van der Waals surface area (Å²) in [4.78, 5) is 4.81. The minimum atomic E-state index is 0.245. The van der Waals surface area contributed by atoms with Crippen LogP contribution >= 0.6 is 23.6 Å². The van der Waals surface area contributed by atoms with Crippen LogP contribution in [0.1, 0.15) is 35.5 Å². The lowest BCUT2D eigenvalue weighted by Crippen LogP contribution is -2.13. The molecule has 0 bridgehead atoms. The Morgan fingerprint density at radius 3 is 2.84 bits per heavy atom. The zero-order valence-corrected chi connectivity index (χ0v) is 12.6. The molecule has 0 aliphatic carbocycles. The molecule has 2 rings (SSSR count). The van der Waals surface area contributed by atoms with Crippen LogP contribution in [0.4, 0.5) is 5.69 Å². The van der Waals surface area contributed by atoms with Crippen LogP contribution in [-0.2, 0) is 0 Å². The van der Waals surface area contributed by atoms with Gasteiger partial charge in [0.25, 0.3) is 0 Å². The van der Waals surface area contributed by atoms with Crippen LogP contribution in [0.15, 0.2) is 29.8 Å². The maximum Gasteiger partial charge on any atom is 0.115 e. The molecule has 0 saturated heterocycles. The quantitative estimate of drug-likeness (QED) is 0.826. The van der Waals surface area contributed by atoms with Gasteiger partial charge in [-0.25, -0.2) is 4.98 Å². The maximum atomic E-state index is 5.67. The number of anilines is 1. The lowest BCUT2D eigenvalue weighted by molar-refractivity contribution is 0.742. The molecule has 1 atom stereocenters. The molecular weight excluding hydrogens is 274 g/mol. The summed E-state index contributed by atoms with van der Waals surface area (Å²) in [6, 6.07) is 6.30. The Kier molecular flexibility index (Phi) is 4.50. The van der Waals surface area contributed by atoms with Gasteiger partial charge in [-0.1, -0.05) is 19.1 Å². The summed E-state index contributed by atoms with van der Waals surface area (Å²) in [6.07, 6.45) is 2.83. The molecule has 0 aliphatic heterocycles. The van der Waals surface area contributed by atoms with E-state index in [4.69, 9.17) is 18.0 Å². The Morgan fingerprint density at radius 1 is 1.53 bits per heavy atom. The second kappa shape index (κ2) is 6.12. The van der Waals surface area contributed by atoms with E-state index >= 15 is 0 Å². The summed E-state index contributed by atoms with van der Waals surface area (Å²) in [5.74, 6) is 0. The predicted molar refractivity (Wildman–Crippen MR) is 85.8 cm³/mol. The van der Waals surface area contributed by atoms with Crippen molar-refractivity contribution < 1.29 is 0 Å². The standard InChI is InChI=1S/C14H17N3S2/c1-3-12(14-16-6-7-19-14)17-10-4-5-11(13(15)18)9(2)8-10/h4-8,12,17H,3H2,1-2H3,(H2,15,18). The van der Waals surface area contributed by atoms with Crippen molar-refractivity contribution in [3.8, 4) is 0 Å². The van der Waals surface area contributed by atoms with Gasteiger partial charge in [-0.3, -0.25) is 0 Å². The third-order valence-corrected chi connectivity index (χ3v) is 4.10. The van der Waals surface area contributed by atoms with Crippen LogP contribution in [0, 0.1) is 6.92 Å². The van der Waals surface area contributed by atoms with Crippen molar-refractivity contribution in [3.05, 3.63) is 45.9 Å². The van der Waals surface area contributed by atoms with E-state index in [2.05, 4.69) is 23.3 Å². The molecule has 1 unspecified atom stereocenters. The highest BCUT2D eigenvalue weighted by atomic mass is 32.1. The van der Waals surface area contributed by atoms with Crippen LogP contribution in [0.25, 0.3) is 0 Å². The third-order valence-electron chi connectivity index (χ3n) is 2.99. The van der Waals surface area contributed by atoms with Gasteiger partial charge in [-0.05, 0) is 37.1 Å². The van der Waals surface area contributed by atoms with E-state index < -0.39 is 0 Å². The average molecular weight is 291 g/mol. The summed E-state index contributed by atoms with van der Waals surface area (Å²) in [5.41, 5.74) is 8.76. The highest BCUT2D eigenvalue weighted by molar-refractivity contribution is 7.80. The Hall–Kier alpha value is -1.46. The first kappa shape index (κ1) is 14.0. The molecule has 0 saturated carbocycles. The first-order chi connectivity index (χ1) is 9.11. The number of nitrogens with zero attached hydrogens (tertiary/aromatic N) is 1. The van der Waals surface area contributed by atoms with Gasteiger partial charge in [0.05, 0.1) is 6.04 Å². The number of aromatic nitrogens is 1. The molecule has 0 radical (unpaired) electrons. The molecule has 1 heterocycles. The minimum absolute atomic E-state index is 0.245. The van der Waals surface area contributed by atoms with E-state index in [1.807, 2.05) is 30.6 Å². The van der Waals surface area contributed by atoms with Crippen molar-refractivity contribution in [1.29, 1.82) is 0 Å². The van der Waals surface area contributed by atoms with Crippen molar-refractivity contribution in [3.63, 3.8) is 0 Å². The summed E-state index contributed by atoms with van der Waals surface area (Å²) in [7, 11) is 0. The molecule has 0 spiro atoms. The molecule has 0 amide bonds. The van der Waals surface area contributed by atoms with E-state index in [-0.39, 0.29) is 6.04 Å². The number of thiocarbonyl (C=S) groups is 1. The number of hydrogen-bond acceptors (Lipinski definition) is 4. The van der Waals surface area contributed by atoms with E-state index in [9.17, 15) is 0 Å². The minimum Gasteiger partial charge on any atom is -0.389 e. The zero-order valence-electron chi connectivity index (χ0n) is 11.0. The largest absolute Gasteiger partial charge is 0.389 e. The van der Waals surface area contributed by atoms with Crippen molar-refractivity contribution in [1.82, 2.24) is 4.98 Å². The Bertz CT molecular complexity index is 564. The van der Waals surface area contributed by atoms with Gasteiger partial charge < -0.3 is 11.1 Å². The summed E-state index contributed by atoms with van der Waals surface area (Å²) < 4.78 is 0.